The Kier molecular flexibility index (Phi) is 3.10. The molecule has 0 aromatic heterocycles. The zero-order chi connectivity index (χ0) is 11.7. The molecular weight excluding hydrogens is 236 g/mol. The van der Waals surface area contributed by atoms with E-state index in [1.807, 2.05) is 0 Å². The topological polar surface area (TPSA) is 21.6 Å². The number of nitrogens with zero attached hydrogens (tertiary/aromatic N) is 1. The fourth-order valence-electron chi connectivity index (χ4n) is 1.52. The van der Waals surface area contributed by atoms with Gasteiger partial charge in [-0.1, -0.05) is 5.16 Å². The molecular formula is C11H10ClF2NO. The second kappa shape index (κ2) is 4.37. The fraction of sp³-hybridized carbons (Fsp3) is 0.364. The van der Waals surface area contributed by atoms with Crippen molar-refractivity contribution >= 4 is 17.3 Å². The van der Waals surface area contributed by atoms with Crippen LogP contribution in [-0.4, -0.2) is 17.2 Å². The lowest BCUT2D eigenvalue weighted by atomic mass is 10.0. The summed E-state index contributed by atoms with van der Waals surface area (Å²) in [4.78, 5) is 5.04. The summed E-state index contributed by atoms with van der Waals surface area (Å²) in [6.45, 7) is 1.77. The molecule has 1 heterocycles. The molecule has 5 heteroatoms. The zero-order valence-electron chi connectivity index (χ0n) is 8.58. The summed E-state index contributed by atoms with van der Waals surface area (Å²) >= 11 is 5.84. The Morgan fingerprint density at radius 2 is 2.25 bits per heavy atom. The van der Waals surface area contributed by atoms with E-state index in [0.717, 1.165) is 18.2 Å². The van der Waals surface area contributed by atoms with E-state index in [1.165, 1.54) is 0 Å². The monoisotopic (exact) mass is 245 g/mol. The highest BCUT2D eigenvalue weighted by molar-refractivity contribution is 6.21. The maximum atomic E-state index is 13.4. The highest BCUT2D eigenvalue weighted by atomic mass is 35.5. The van der Waals surface area contributed by atoms with Crippen molar-refractivity contribution in [2.24, 2.45) is 5.16 Å². The van der Waals surface area contributed by atoms with Crippen molar-refractivity contribution < 1.29 is 13.6 Å². The molecule has 1 aliphatic rings. The molecule has 0 fully saturated rings. The Bertz CT molecular complexity index is 434. The second-order valence-electron chi connectivity index (χ2n) is 3.69. The first kappa shape index (κ1) is 11.3. The van der Waals surface area contributed by atoms with E-state index in [1.54, 1.807) is 6.92 Å². The third kappa shape index (κ3) is 2.16. The van der Waals surface area contributed by atoms with Gasteiger partial charge in [-0.3, -0.25) is 0 Å². The predicted molar refractivity (Wildman–Crippen MR) is 57.7 cm³/mol. The Morgan fingerprint density at radius 3 is 2.88 bits per heavy atom. The number of oxime groups is 1. The van der Waals surface area contributed by atoms with E-state index in [9.17, 15) is 8.78 Å². The minimum Gasteiger partial charge on any atom is -0.390 e. The van der Waals surface area contributed by atoms with Gasteiger partial charge in [0, 0.05) is 12.0 Å². The molecule has 2 rings (SSSR count). The van der Waals surface area contributed by atoms with E-state index in [2.05, 4.69) is 5.16 Å². The first-order valence-electron chi connectivity index (χ1n) is 4.90. The average molecular weight is 246 g/mol. The van der Waals surface area contributed by atoms with E-state index in [-0.39, 0.29) is 17.0 Å². The third-order valence-electron chi connectivity index (χ3n) is 2.44. The van der Waals surface area contributed by atoms with Crippen LogP contribution in [0, 0.1) is 11.6 Å². The summed E-state index contributed by atoms with van der Waals surface area (Å²) in [6, 6.07) is 3.25. The number of alkyl halides is 1. The molecule has 2 unspecified atom stereocenters. The molecule has 0 saturated carbocycles. The van der Waals surface area contributed by atoms with Gasteiger partial charge in [-0.05, 0) is 25.1 Å². The van der Waals surface area contributed by atoms with Crippen molar-refractivity contribution in [3.8, 4) is 0 Å². The molecule has 0 amide bonds. The SMILES string of the molecule is CC(Cl)C1CC(c2cc(F)ccc2F)=NO1. The summed E-state index contributed by atoms with van der Waals surface area (Å²) in [7, 11) is 0. The molecule has 0 N–H and O–H groups in total. The molecule has 2 atom stereocenters. The van der Waals surface area contributed by atoms with E-state index in [4.69, 9.17) is 16.4 Å². The average Bonchev–Trinajstić information content (AvgIpc) is 2.70. The van der Waals surface area contributed by atoms with Crippen LogP contribution in [0.2, 0.25) is 0 Å². The first-order chi connectivity index (χ1) is 7.58. The van der Waals surface area contributed by atoms with Crippen molar-refractivity contribution in [1.82, 2.24) is 0 Å². The molecule has 0 bridgehead atoms. The Hall–Kier alpha value is -1.16. The Morgan fingerprint density at radius 1 is 1.50 bits per heavy atom. The minimum absolute atomic E-state index is 0.139. The van der Waals surface area contributed by atoms with Crippen molar-refractivity contribution in [2.45, 2.75) is 24.8 Å². The number of rotatable bonds is 2. The number of hydrogen-bond acceptors (Lipinski definition) is 2. The van der Waals surface area contributed by atoms with Gasteiger partial charge in [0.1, 0.15) is 17.7 Å². The molecule has 2 nitrogen and oxygen atoms in total. The third-order valence-corrected chi connectivity index (χ3v) is 2.73. The van der Waals surface area contributed by atoms with E-state index >= 15 is 0 Å². The summed E-state index contributed by atoms with van der Waals surface area (Å²) < 4.78 is 26.4. The highest BCUT2D eigenvalue weighted by Crippen LogP contribution is 2.23. The van der Waals surface area contributed by atoms with Gasteiger partial charge in [-0.25, -0.2) is 8.78 Å². The van der Waals surface area contributed by atoms with Crippen LogP contribution in [0.25, 0.3) is 0 Å². The van der Waals surface area contributed by atoms with Crippen LogP contribution < -0.4 is 0 Å². The highest BCUT2D eigenvalue weighted by Gasteiger charge is 2.27. The quantitative estimate of drug-likeness (QED) is 0.734. The van der Waals surface area contributed by atoms with Crippen LogP contribution >= 0.6 is 11.6 Å². The predicted octanol–water partition coefficient (Wildman–Crippen LogP) is 3.09. The van der Waals surface area contributed by atoms with Gasteiger partial charge in [0.2, 0.25) is 0 Å². The summed E-state index contributed by atoms with van der Waals surface area (Å²) in [5.74, 6) is -1.01. The van der Waals surface area contributed by atoms with Crippen molar-refractivity contribution in [3.05, 3.63) is 35.4 Å². The Labute approximate surface area is 96.8 Å². The maximum Gasteiger partial charge on any atom is 0.149 e. The molecule has 86 valence electrons. The summed E-state index contributed by atoms with van der Waals surface area (Å²) in [5.41, 5.74) is 0.536. The molecule has 1 aromatic carbocycles. The van der Waals surface area contributed by atoms with Gasteiger partial charge in [0.25, 0.3) is 0 Å². The van der Waals surface area contributed by atoms with Crippen molar-refractivity contribution in [1.29, 1.82) is 0 Å². The molecule has 0 saturated heterocycles. The minimum atomic E-state index is -0.508. The van der Waals surface area contributed by atoms with Crippen LogP contribution in [-0.2, 0) is 4.84 Å². The van der Waals surface area contributed by atoms with Gasteiger partial charge >= 0.3 is 0 Å². The fourth-order valence-corrected chi connectivity index (χ4v) is 1.66. The van der Waals surface area contributed by atoms with Gasteiger partial charge in [0.15, 0.2) is 0 Å². The molecule has 1 aromatic rings. The Balaban J connectivity index is 2.23. The van der Waals surface area contributed by atoms with E-state index < -0.39 is 11.6 Å². The van der Waals surface area contributed by atoms with Crippen molar-refractivity contribution in [3.63, 3.8) is 0 Å². The van der Waals surface area contributed by atoms with Crippen molar-refractivity contribution in [2.75, 3.05) is 0 Å². The maximum absolute atomic E-state index is 13.4. The van der Waals surface area contributed by atoms with Gasteiger partial charge < -0.3 is 4.84 Å². The van der Waals surface area contributed by atoms with Gasteiger partial charge in [-0.15, -0.1) is 11.6 Å². The smallest absolute Gasteiger partial charge is 0.149 e. The number of halogens is 3. The molecule has 16 heavy (non-hydrogen) atoms. The lowest BCUT2D eigenvalue weighted by molar-refractivity contribution is 0.0855. The number of benzene rings is 1. The molecule has 0 aliphatic carbocycles. The van der Waals surface area contributed by atoms with Gasteiger partial charge in [0.05, 0.1) is 11.1 Å². The molecule has 0 spiro atoms. The molecule has 0 radical (unpaired) electrons. The number of hydrogen-bond donors (Lipinski definition) is 0. The van der Waals surface area contributed by atoms with Gasteiger partial charge in [-0.2, -0.15) is 0 Å². The van der Waals surface area contributed by atoms with Crippen LogP contribution in [0.1, 0.15) is 18.9 Å². The summed E-state index contributed by atoms with van der Waals surface area (Å²) in [6.07, 6.45) is 0.115. The standard InChI is InChI=1S/C11H10ClF2NO/c1-6(12)11-5-10(15-16-11)8-4-7(13)2-3-9(8)14/h2-4,6,11H,5H2,1H3. The lowest BCUT2D eigenvalue weighted by Crippen LogP contribution is -2.18. The van der Waals surface area contributed by atoms with Crippen LogP contribution in [0.4, 0.5) is 8.78 Å². The first-order valence-corrected chi connectivity index (χ1v) is 5.34. The van der Waals surface area contributed by atoms with E-state index in [0.29, 0.717) is 12.1 Å². The summed E-state index contributed by atoms with van der Waals surface area (Å²) in [5, 5.41) is 3.51. The lowest BCUT2D eigenvalue weighted by Gasteiger charge is -2.09. The largest absolute Gasteiger partial charge is 0.390 e. The molecule has 1 aliphatic heterocycles. The van der Waals surface area contributed by atoms with Crippen LogP contribution in [0.5, 0.6) is 0 Å². The second-order valence-corrected chi connectivity index (χ2v) is 4.38. The van der Waals surface area contributed by atoms with Crippen LogP contribution in [0.15, 0.2) is 23.4 Å². The van der Waals surface area contributed by atoms with Crippen LogP contribution in [0.3, 0.4) is 0 Å². The normalized spacial score (nSPS) is 21.5. The zero-order valence-corrected chi connectivity index (χ0v) is 9.34.